The zero-order valence-electron chi connectivity index (χ0n) is 38.6. The van der Waals surface area contributed by atoms with E-state index in [1.807, 2.05) is 17.0 Å². The van der Waals surface area contributed by atoms with Crippen molar-refractivity contribution in [2.45, 2.75) is 154 Å². The van der Waals surface area contributed by atoms with Gasteiger partial charge in [0.2, 0.25) is 11.7 Å². The van der Waals surface area contributed by atoms with E-state index in [0.29, 0.717) is 56.0 Å². The van der Waals surface area contributed by atoms with E-state index in [9.17, 15) is 25.1 Å². The van der Waals surface area contributed by atoms with Crippen LogP contribution in [0.3, 0.4) is 0 Å². The van der Waals surface area contributed by atoms with Crippen molar-refractivity contribution in [1.29, 1.82) is 0 Å². The molecular formula is C52H75N3O9. The number of unbranched alkanes of at least 4 members (excludes halogenated alkanes) is 10. The molecule has 64 heavy (non-hydrogen) atoms. The number of benzene rings is 2. The summed E-state index contributed by atoms with van der Waals surface area (Å²) in [5.74, 6) is -0.318. The first-order valence-corrected chi connectivity index (χ1v) is 24.2. The van der Waals surface area contributed by atoms with Crippen LogP contribution in [0.25, 0.3) is 0 Å². The van der Waals surface area contributed by atoms with Gasteiger partial charge in [-0.05, 0) is 91.8 Å². The Balaban J connectivity index is 1.63. The van der Waals surface area contributed by atoms with Crippen molar-refractivity contribution >= 4 is 17.3 Å². The van der Waals surface area contributed by atoms with Crippen molar-refractivity contribution in [3.63, 3.8) is 0 Å². The molecule has 2 aliphatic carbocycles. The molecule has 0 radical (unpaired) electrons. The number of nitrogens with zero attached hydrogens (tertiary/aromatic N) is 3. The van der Waals surface area contributed by atoms with Crippen molar-refractivity contribution in [2.75, 3.05) is 33.0 Å². The molecule has 1 fully saturated rings. The smallest absolute Gasteiger partial charge is 0.269 e. The van der Waals surface area contributed by atoms with Crippen molar-refractivity contribution in [3.05, 3.63) is 101 Å². The van der Waals surface area contributed by atoms with Crippen LogP contribution < -0.4 is 9.47 Å². The fourth-order valence-electron chi connectivity index (χ4n) is 10.2. The highest BCUT2D eigenvalue weighted by molar-refractivity contribution is 6.03. The molecule has 0 aromatic heterocycles. The Labute approximate surface area is 381 Å². The van der Waals surface area contributed by atoms with Crippen LogP contribution in [0.4, 0.5) is 5.69 Å². The van der Waals surface area contributed by atoms with Crippen LogP contribution in [0.2, 0.25) is 0 Å². The summed E-state index contributed by atoms with van der Waals surface area (Å²) in [7, 11) is 0. The van der Waals surface area contributed by atoms with Crippen molar-refractivity contribution in [1.82, 2.24) is 4.90 Å². The van der Waals surface area contributed by atoms with Crippen LogP contribution >= 0.6 is 0 Å². The summed E-state index contributed by atoms with van der Waals surface area (Å²) in [4.78, 5) is 33.9. The molecule has 0 spiro atoms. The Morgan fingerprint density at radius 1 is 0.906 bits per heavy atom. The second-order valence-electron chi connectivity index (χ2n) is 17.7. The molecule has 6 atom stereocenters. The van der Waals surface area contributed by atoms with Gasteiger partial charge in [-0.3, -0.25) is 14.9 Å². The fourth-order valence-corrected chi connectivity index (χ4v) is 10.2. The highest BCUT2D eigenvalue weighted by Crippen LogP contribution is 2.62. The number of allylic oxidation sites excluding steroid dienone is 1. The first-order chi connectivity index (χ1) is 31.3. The normalized spacial score (nSPS) is 22.7. The van der Waals surface area contributed by atoms with Crippen LogP contribution in [0.1, 0.15) is 146 Å². The van der Waals surface area contributed by atoms with Crippen molar-refractivity contribution < 1.29 is 39.0 Å². The quantitative estimate of drug-likeness (QED) is 0.0326. The topological polar surface area (TPSA) is 153 Å². The number of ether oxygens (including phenoxy) is 3. The van der Waals surface area contributed by atoms with Crippen LogP contribution in [-0.2, 0) is 21.0 Å². The number of aliphatic hydroxyl groups is 2. The molecule has 0 bridgehead atoms. The maximum Gasteiger partial charge on any atom is 0.269 e. The van der Waals surface area contributed by atoms with Gasteiger partial charge in [0.25, 0.3) is 5.69 Å². The molecule has 1 saturated carbocycles. The average Bonchev–Trinajstić information content (AvgIpc) is 3.30. The summed E-state index contributed by atoms with van der Waals surface area (Å²) in [6.45, 7) is 13.6. The minimum atomic E-state index is -1.33. The predicted molar refractivity (Wildman–Crippen MR) is 252 cm³/mol. The summed E-state index contributed by atoms with van der Waals surface area (Å²) in [6.07, 6.45) is 22.3. The van der Waals surface area contributed by atoms with E-state index in [4.69, 9.17) is 24.2 Å². The van der Waals surface area contributed by atoms with Crippen LogP contribution in [0.15, 0.2) is 84.6 Å². The number of nitro groups is 1. The molecule has 0 saturated heterocycles. The number of carbonyl (C=O) groups is 1. The molecule has 12 nitrogen and oxygen atoms in total. The molecule has 2 aromatic rings. The number of oxime groups is 1. The first-order valence-electron chi connectivity index (χ1n) is 24.2. The predicted octanol–water partition coefficient (Wildman–Crippen LogP) is 11.2. The molecule has 3 aliphatic rings. The second-order valence-corrected chi connectivity index (χ2v) is 17.7. The van der Waals surface area contributed by atoms with Gasteiger partial charge < -0.3 is 34.2 Å². The number of amides is 1. The van der Waals surface area contributed by atoms with Crippen LogP contribution in [0, 0.1) is 27.9 Å². The van der Waals surface area contributed by atoms with E-state index in [0.717, 1.165) is 68.1 Å². The lowest BCUT2D eigenvalue weighted by Gasteiger charge is -2.60. The molecule has 5 rings (SSSR count). The number of fused-ring (bicyclic) bond motifs is 2. The summed E-state index contributed by atoms with van der Waals surface area (Å²) < 4.78 is 20.6. The molecular weight excluding hydrogens is 811 g/mol. The van der Waals surface area contributed by atoms with E-state index < -0.39 is 22.7 Å². The minimum absolute atomic E-state index is 0.000966. The van der Waals surface area contributed by atoms with Gasteiger partial charge >= 0.3 is 0 Å². The summed E-state index contributed by atoms with van der Waals surface area (Å²) in [5.41, 5.74) is 3.39. The Hall–Kier alpha value is -4.52. The summed E-state index contributed by atoms with van der Waals surface area (Å²) >= 11 is 0. The highest BCUT2D eigenvalue weighted by atomic mass is 16.7. The maximum atomic E-state index is 14.8. The third kappa shape index (κ3) is 13.1. The molecule has 6 unspecified atom stereocenters. The maximum absolute atomic E-state index is 14.8. The van der Waals surface area contributed by atoms with Gasteiger partial charge in [-0.15, -0.1) is 6.58 Å². The average molecular weight is 886 g/mol. The van der Waals surface area contributed by atoms with E-state index in [2.05, 4.69) is 39.1 Å². The van der Waals surface area contributed by atoms with Gasteiger partial charge in [0.1, 0.15) is 30.8 Å². The van der Waals surface area contributed by atoms with Gasteiger partial charge in [0.05, 0.1) is 23.2 Å². The van der Waals surface area contributed by atoms with E-state index >= 15 is 0 Å². The Bertz CT molecular complexity index is 1850. The third-order valence-electron chi connectivity index (χ3n) is 13.2. The molecule has 12 heteroatoms. The van der Waals surface area contributed by atoms with Gasteiger partial charge in [-0.2, -0.15) is 0 Å². The van der Waals surface area contributed by atoms with Gasteiger partial charge in [-0.25, -0.2) is 0 Å². The van der Waals surface area contributed by atoms with Crippen molar-refractivity contribution in [3.8, 4) is 11.5 Å². The number of nitro benzene ring substituents is 1. The third-order valence-corrected chi connectivity index (χ3v) is 13.2. The SMILES string of the molecule is C=CCOc1ccc2c(c1)C1C(CCCCO)C(CCCCO)C=C3C(=NOCc4ccc([N+](=O)[O-])cc4)CC(N(CCC)C(=O)CCCCCCCCCCC)C(OCC=C)(O2)C31. The summed E-state index contributed by atoms with van der Waals surface area (Å²) in [6, 6.07) is 11.6. The lowest BCUT2D eigenvalue weighted by atomic mass is 9.55. The number of hydrogen-bond acceptors (Lipinski definition) is 10. The van der Waals surface area contributed by atoms with E-state index in [-0.39, 0.29) is 55.8 Å². The second kappa shape index (κ2) is 26.4. The minimum Gasteiger partial charge on any atom is -0.490 e. The molecule has 1 amide bonds. The molecule has 2 aromatic carbocycles. The highest BCUT2D eigenvalue weighted by Gasteiger charge is 2.65. The molecule has 352 valence electrons. The molecule has 2 N–H and O–H groups in total. The number of hydrogen-bond donors (Lipinski definition) is 2. The van der Waals surface area contributed by atoms with E-state index in [1.165, 1.54) is 50.7 Å². The van der Waals surface area contributed by atoms with E-state index in [1.54, 1.807) is 24.3 Å². The zero-order chi connectivity index (χ0) is 45.7. The van der Waals surface area contributed by atoms with Crippen LogP contribution in [0.5, 0.6) is 11.5 Å². The fraction of sp³-hybridized carbons (Fsp3) is 0.615. The number of non-ortho nitro benzene ring substituents is 1. The standard InChI is InChI=1S/C52H75N3O9/c1-5-9-10-11-12-13-14-15-16-23-49(58)54(30-6-2)48-37-46(53-63-38-39-24-26-41(27-25-39)55(59)60)44-35-40(21-17-19-31-56)43(22-18-20-32-57)50-45-36-42(61-33-7-3)28-29-47(45)64-52(48,51(44)50)62-34-8-4/h7-8,24-29,35-36,40,43,48,50-51,56-57H,3-6,9-23,30-34,37-38H2,1-2H3. The lowest BCUT2D eigenvalue weighted by molar-refractivity contribution is -0.384. The lowest BCUT2D eigenvalue weighted by Crippen LogP contribution is -2.70. The Kier molecular flexibility index (Phi) is 20.9. The number of aliphatic hydroxyl groups excluding tert-OH is 2. The monoisotopic (exact) mass is 886 g/mol. The first kappa shape index (κ1) is 50.5. The summed E-state index contributed by atoms with van der Waals surface area (Å²) in [5, 5.41) is 36.1. The molecule has 1 heterocycles. The molecule has 1 aliphatic heterocycles. The number of rotatable bonds is 31. The van der Waals surface area contributed by atoms with Crippen LogP contribution in [-0.4, -0.2) is 76.5 Å². The Morgan fingerprint density at radius 2 is 1.59 bits per heavy atom. The largest absolute Gasteiger partial charge is 0.490 e. The zero-order valence-corrected chi connectivity index (χ0v) is 38.6. The number of carbonyl (C=O) groups excluding carboxylic acids is 1. The van der Waals surface area contributed by atoms with Gasteiger partial charge in [-0.1, -0.05) is 108 Å². The van der Waals surface area contributed by atoms with Gasteiger partial charge in [0, 0.05) is 56.2 Å². The van der Waals surface area contributed by atoms with Crippen molar-refractivity contribution in [2.24, 2.45) is 22.9 Å². The van der Waals surface area contributed by atoms with Gasteiger partial charge in [0.15, 0.2) is 0 Å². The Morgan fingerprint density at radius 3 is 2.25 bits per heavy atom.